The van der Waals surface area contributed by atoms with Gasteiger partial charge in [-0.25, -0.2) is 9.59 Å². The molecule has 2 rings (SSSR count). The molecule has 1 atom stereocenters. The Labute approximate surface area is 169 Å². The van der Waals surface area contributed by atoms with Gasteiger partial charge in [-0.2, -0.15) is 0 Å². The molecular formula is C20H29N3O6. The van der Waals surface area contributed by atoms with Gasteiger partial charge in [-0.3, -0.25) is 9.59 Å². The summed E-state index contributed by atoms with van der Waals surface area (Å²) >= 11 is 0. The van der Waals surface area contributed by atoms with E-state index in [0.29, 0.717) is 18.1 Å². The molecule has 1 aromatic rings. The fraction of sp³-hybridized carbons (Fsp3) is 0.600. The molecule has 0 aliphatic heterocycles. The average Bonchev–Trinajstić information content (AvgIpc) is 3.04. The molecule has 0 aromatic carbocycles. The van der Waals surface area contributed by atoms with E-state index < -0.39 is 36.3 Å². The molecule has 1 fully saturated rings. The molecule has 0 bridgehead atoms. The Bertz CT molecular complexity index is 732. The zero-order valence-electron chi connectivity index (χ0n) is 16.9. The van der Waals surface area contributed by atoms with Gasteiger partial charge in [-0.15, -0.1) is 0 Å². The molecule has 1 aliphatic rings. The van der Waals surface area contributed by atoms with E-state index >= 15 is 0 Å². The Hall–Kier alpha value is -2.68. The van der Waals surface area contributed by atoms with E-state index in [4.69, 9.17) is 10.2 Å². The van der Waals surface area contributed by atoms with Crippen LogP contribution in [0.15, 0.2) is 10.5 Å². The largest absolute Gasteiger partial charge is 0.454 e. The minimum atomic E-state index is -0.935. The molecule has 4 N–H and O–H groups in total. The van der Waals surface area contributed by atoms with Crippen molar-refractivity contribution in [3.63, 3.8) is 0 Å². The smallest absolute Gasteiger partial charge is 0.381 e. The quantitative estimate of drug-likeness (QED) is 0.433. The highest BCUT2D eigenvalue weighted by molar-refractivity contribution is 5.96. The van der Waals surface area contributed by atoms with Gasteiger partial charge >= 0.3 is 11.9 Å². The fourth-order valence-electron chi connectivity index (χ4n) is 3.28. The average molecular weight is 407 g/mol. The lowest BCUT2D eigenvalue weighted by Crippen LogP contribution is -2.46. The van der Waals surface area contributed by atoms with Crippen LogP contribution in [-0.2, 0) is 19.1 Å². The van der Waals surface area contributed by atoms with Crippen LogP contribution in [-0.4, -0.2) is 42.9 Å². The van der Waals surface area contributed by atoms with Crippen molar-refractivity contribution < 1.29 is 28.3 Å². The monoisotopic (exact) mass is 407 g/mol. The third kappa shape index (κ3) is 7.34. The van der Waals surface area contributed by atoms with Crippen LogP contribution in [0.5, 0.6) is 0 Å². The van der Waals surface area contributed by atoms with Crippen LogP contribution in [0.1, 0.15) is 60.4 Å². The first-order valence-electron chi connectivity index (χ1n) is 9.88. The summed E-state index contributed by atoms with van der Waals surface area (Å²) in [6.45, 7) is 2.62. The van der Waals surface area contributed by atoms with Crippen molar-refractivity contribution in [1.82, 2.24) is 10.6 Å². The van der Waals surface area contributed by atoms with Crippen molar-refractivity contribution >= 4 is 23.8 Å². The molecule has 1 aromatic heterocycles. The third-order valence-corrected chi connectivity index (χ3v) is 5.08. The van der Waals surface area contributed by atoms with Crippen LogP contribution in [0.2, 0.25) is 0 Å². The summed E-state index contributed by atoms with van der Waals surface area (Å²) < 4.78 is 9.78. The van der Waals surface area contributed by atoms with Gasteiger partial charge in [0.1, 0.15) is 12.3 Å². The fourth-order valence-corrected chi connectivity index (χ4v) is 3.28. The van der Waals surface area contributed by atoms with E-state index in [1.165, 1.54) is 25.3 Å². The molecule has 1 heterocycles. The lowest BCUT2D eigenvalue weighted by atomic mass is 9.85. The van der Waals surface area contributed by atoms with Gasteiger partial charge < -0.3 is 25.5 Å². The van der Waals surface area contributed by atoms with Crippen molar-refractivity contribution in [2.75, 3.05) is 13.1 Å². The number of furan rings is 1. The van der Waals surface area contributed by atoms with Crippen molar-refractivity contribution in [3.8, 4) is 0 Å². The number of nitrogens with two attached hydrogens (primary N) is 1. The van der Waals surface area contributed by atoms with Crippen molar-refractivity contribution in [1.29, 1.82) is 0 Å². The molecule has 0 unspecified atom stereocenters. The maximum absolute atomic E-state index is 12.0. The Morgan fingerprint density at radius 2 is 1.83 bits per heavy atom. The molecule has 0 radical (unpaired) electrons. The number of hydrogen-bond donors (Lipinski definition) is 3. The molecule has 29 heavy (non-hydrogen) atoms. The first kappa shape index (κ1) is 22.6. The minimum absolute atomic E-state index is 0.0844. The minimum Gasteiger partial charge on any atom is -0.454 e. The lowest BCUT2D eigenvalue weighted by Gasteiger charge is -2.24. The maximum atomic E-state index is 12.0. The molecule has 0 saturated heterocycles. The zero-order chi connectivity index (χ0) is 21.4. The van der Waals surface area contributed by atoms with Crippen LogP contribution in [0.3, 0.4) is 0 Å². The SMILES string of the molecule is Cc1cc(C(=O)OC(=O)CNC(=O)CNC(=O)[C@@H](N)CC2CCCCC2)oc1C. The zero-order valence-corrected chi connectivity index (χ0v) is 16.9. The molecule has 1 aliphatic carbocycles. The second-order valence-corrected chi connectivity index (χ2v) is 7.45. The highest BCUT2D eigenvalue weighted by Gasteiger charge is 2.22. The Morgan fingerprint density at radius 3 is 2.45 bits per heavy atom. The third-order valence-electron chi connectivity index (χ3n) is 5.08. The predicted octanol–water partition coefficient (Wildman–Crippen LogP) is 1.11. The Kier molecular flexibility index (Phi) is 8.38. The van der Waals surface area contributed by atoms with Crippen molar-refractivity contribution in [2.45, 2.75) is 58.4 Å². The summed E-state index contributed by atoms with van der Waals surface area (Å²) in [5, 5.41) is 4.74. The van der Waals surface area contributed by atoms with Gasteiger partial charge in [-0.05, 0) is 37.8 Å². The van der Waals surface area contributed by atoms with Crippen molar-refractivity contribution in [2.24, 2.45) is 11.7 Å². The summed E-state index contributed by atoms with van der Waals surface area (Å²) in [7, 11) is 0. The summed E-state index contributed by atoms with van der Waals surface area (Å²) in [4.78, 5) is 47.3. The van der Waals surface area contributed by atoms with E-state index in [2.05, 4.69) is 15.4 Å². The molecule has 9 heteroatoms. The van der Waals surface area contributed by atoms with E-state index in [1.807, 2.05) is 0 Å². The van der Waals surface area contributed by atoms with Crippen LogP contribution < -0.4 is 16.4 Å². The molecular weight excluding hydrogens is 378 g/mol. The Balaban J connectivity index is 1.64. The van der Waals surface area contributed by atoms with Crippen LogP contribution in [0.4, 0.5) is 0 Å². The summed E-state index contributed by atoms with van der Waals surface area (Å²) in [6.07, 6.45) is 6.33. The van der Waals surface area contributed by atoms with Crippen LogP contribution >= 0.6 is 0 Å². The molecule has 1 saturated carbocycles. The number of nitrogens with one attached hydrogen (secondary N) is 2. The van der Waals surface area contributed by atoms with Gasteiger partial charge in [0.15, 0.2) is 0 Å². The predicted molar refractivity (Wildman–Crippen MR) is 104 cm³/mol. The van der Waals surface area contributed by atoms with Gasteiger partial charge in [0.2, 0.25) is 17.6 Å². The number of rotatable bonds is 8. The molecule has 0 spiro atoms. The first-order chi connectivity index (χ1) is 13.8. The molecule has 160 valence electrons. The van der Waals surface area contributed by atoms with Crippen LogP contribution in [0, 0.1) is 19.8 Å². The number of carbonyl (C=O) groups excluding carboxylic acids is 4. The first-order valence-corrected chi connectivity index (χ1v) is 9.88. The van der Waals surface area contributed by atoms with Crippen molar-refractivity contribution in [3.05, 3.63) is 23.2 Å². The van der Waals surface area contributed by atoms with Crippen LogP contribution in [0.25, 0.3) is 0 Å². The number of esters is 2. The highest BCUT2D eigenvalue weighted by atomic mass is 16.6. The van der Waals surface area contributed by atoms with E-state index in [-0.39, 0.29) is 12.3 Å². The number of carbonyl (C=O) groups is 4. The number of aryl methyl sites for hydroxylation is 2. The van der Waals surface area contributed by atoms with Gasteiger partial charge in [0.25, 0.3) is 0 Å². The standard InChI is InChI=1S/C20H29N3O6/c1-12-8-16(28-13(12)2)20(27)29-18(25)11-22-17(24)10-23-19(26)15(21)9-14-6-4-3-5-7-14/h8,14-15H,3-7,9-11,21H2,1-2H3,(H,22,24)(H,23,26)/t15-/m0/s1. The van der Waals surface area contributed by atoms with E-state index in [9.17, 15) is 19.2 Å². The van der Waals surface area contributed by atoms with E-state index in [1.54, 1.807) is 13.8 Å². The topological polar surface area (TPSA) is 141 Å². The summed E-state index contributed by atoms with van der Waals surface area (Å²) in [6, 6.07) is 0.809. The summed E-state index contributed by atoms with van der Waals surface area (Å²) in [5.74, 6) is -1.93. The maximum Gasteiger partial charge on any atom is 0.381 e. The van der Waals surface area contributed by atoms with Gasteiger partial charge in [0, 0.05) is 0 Å². The number of ether oxygens (including phenoxy) is 1. The summed E-state index contributed by atoms with van der Waals surface area (Å²) in [5.41, 5.74) is 6.67. The van der Waals surface area contributed by atoms with E-state index in [0.717, 1.165) is 18.4 Å². The number of hydrogen-bond acceptors (Lipinski definition) is 7. The normalized spacial score (nSPS) is 15.4. The molecule has 9 nitrogen and oxygen atoms in total. The number of amides is 2. The second kappa shape index (κ2) is 10.8. The van der Waals surface area contributed by atoms with Gasteiger partial charge in [0.05, 0.1) is 12.6 Å². The van der Waals surface area contributed by atoms with Gasteiger partial charge in [-0.1, -0.05) is 32.1 Å². The molecule has 2 amide bonds. The lowest BCUT2D eigenvalue weighted by molar-refractivity contribution is -0.138. The Morgan fingerprint density at radius 1 is 1.14 bits per heavy atom. The second-order valence-electron chi connectivity index (χ2n) is 7.45. The highest BCUT2D eigenvalue weighted by Crippen LogP contribution is 2.26.